The zero-order valence-corrected chi connectivity index (χ0v) is 9.12. The average molecular weight is 224 g/mol. The van der Waals surface area contributed by atoms with E-state index in [1.165, 1.54) is 13.8 Å². The number of aliphatic hydroxyl groups excluding tert-OH is 4. The van der Waals surface area contributed by atoms with Gasteiger partial charge in [0.25, 0.3) is 0 Å². The predicted octanol–water partition coefficient (Wildman–Crippen LogP) is -2.42. The number of hydrogen-bond acceptors (Lipinski definition) is 6. The molecule has 0 unspecified atom stereocenters. The maximum atomic E-state index is 9.78. The predicted molar refractivity (Wildman–Crippen MR) is 52.0 cm³/mol. The van der Waals surface area contributed by atoms with Crippen LogP contribution in [0.15, 0.2) is 0 Å². The van der Waals surface area contributed by atoms with Crippen molar-refractivity contribution in [1.29, 1.82) is 0 Å². The largest absolute Gasteiger partial charge is 0.394 e. The highest BCUT2D eigenvalue weighted by atomic mass is 16.4. The van der Waals surface area contributed by atoms with Crippen LogP contribution in [-0.4, -0.2) is 66.8 Å². The Morgan fingerprint density at radius 1 is 1.00 bits per heavy atom. The molecule has 92 valence electrons. The smallest absolute Gasteiger partial charge is 0.118 e. The molecule has 6 N–H and O–H groups in total. The van der Waals surface area contributed by atoms with Gasteiger partial charge in [0.05, 0.1) is 12.2 Å². The molecule has 0 saturated heterocycles. The minimum absolute atomic E-state index is 0.750. The molecule has 0 aromatic heterocycles. The minimum atomic E-state index is -2.01. The molecule has 0 heterocycles. The van der Waals surface area contributed by atoms with E-state index in [1.54, 1.807) is 0 Å². The van der Waals surface area contributed by atoms with Crippen LogP contribution >= 0.6 is 0 Å². The van der Waals surface area contributed by atoms with Crippen LogP contribution in [0.2, 0.25) is 0 Å². The van der Waals surface area contributed by atoms with Crippen molar-refractivity contribution in [2.24, 2.45) is 0 Å². The molecule has 0 fully saturated rings. The van der Waals surface area contributed by atoms with Crippen LogP contribution in [-0.2, 0) is 0 Å². The summed E-state index contributed by atoms with van der Waals surface area (Å²) >= 11 is 0. The van der Waals surface area contributed by atoms with Crippen LogP contribution in [0, 0.1) is 0 Å². The van der Waals surface area contributed by atoms with E-state index in [2.05, 4.69) is 0 Å². The quantitative estimate of drug-likeness (QED) is 0.309. The molecule has 0 rings (SSSR count). The fraction of sp³-hybridized carbons (Fsp3) is 1.00. The summed E-state index contributed by atoms with van der Waals surface area (Å²) < 4.78 is 0. The minimum Gasteiger partial charge on any atom is -0.394 e. The van der Waals surface area contributed by atoms with Gasteiger partial charge in [-0.2, -0.15) is 0 Å². The first-order valence-corrected chi connectivity index (χ1v) is 4.65. The number of aliphatic hydroxyl groups is 6. The van der Waals surface area contributed by atoms with Crippen LogP contribution in [0.5, 0.6) is 0 Å². The highest BCUT2D eigenvalue weighted by Crippen LogP contribution is 2.27. The lowest BCUT2D eigenvalue weighted by atomic mass is 9.79. The third-order valence-electron chi connectivity index (χ3n) is 2.72. The van der Waals surface area contributed by atoms with Gasteiger partial charge in [-0.25, -0.2) is 0 Å². The lowest BCUT2D eigenvalue weighted by molar-refractivity contribution is -0.215. The monoisotopic (exact) mass is 224 g/mol. The second kappa shape index (κ2) is 4.73. The summed E-state index contributed by atoms with van der Waals surface area (Å²) in [6, 6.07) is 0. The summed E-state index contributed by atoms with van der Waals surface area (Å²) in [4.78, 5) is 0. The lowest BCUT2D eigenvalue weighted by Gasteiger charge is -2.41. The zero-order chi connectivity index (χ0) is 12.4. The summed E-state index contributed by atoms with van der Waals surface area (Å²) in [5.41, 5.74) is -3.68. The molecule has 0 aliphatic carbocycles. The van der Waals surface area contributed by atoms with Crippen molar-refractivity contribution in [1.82, 2.24) is 0 Å². The van der Waals surface area contributed by atoms with E-state index in [0.29, 0.717) is 0 Å². The van der Waals surface area contributed by atoms with Gasteiger partial charge in [-0.15, -0.1) is 0 Å². The van der Waals surface area contributed by atoms with Gasteiger partial charge in [-0.3, -0.25) is 0 Å². The third kappa shape index (κ3) is 3.10. The normalized spacial score (nSPS) is 23.0. The van der Waals surface area contributed by atoms with Gasteiger partial charge in [-0.05, 0) is 20.8 Å². The SMILES string of the molecule is CC(C)(O)[C@](C)(O)[C@@H](O)[C@H](O)[C@H](O)CO. The second-order valence-corrected chi connectivity index (χ2v) is 4.39. The van der Waals surface area contributed by atoms with Gasteiger partial charge in [-0.1, -0.05) is 0 Å². The van der Waals surface area contributed by atoms with Crippen molar-refractivity contribution < 1.29 is 30.6 Å². The van der Waals surface area contributed by atoms with Gasteiger partial charge in [0.15, 0.2) is 0 Å². The van der Waals surface area contributed by atoms with E-state index in [4.69, 9.17) is 10.2 Å². The van der Waals surface area contributed by atoms with Crippen LogP contribution in [0.4, 0.5) is 0 Å². The Labute approximate surface area is 88.4 Å². The topological polar surface area (TPSA) is 121 Å². The van der Waals surface area contributed by atoms with E-state index in [9.17, 15) is 20.4 Å². The first kappa shape index (κ1) is 14.8. The fourth-order valence-electron chi connectivity index (χ4n) is 1.01. The summed E-state index contributed by atoms with van der Waals surface area (Å²) in [6.07, 6.45) is -5.09. The Bertz CT molecular complexity index is 197. The summed E-state index contributed by atoms with van der Waals surface area (Å²) in [7, 11) is 0. The van der Waals surface area contributed by atoms with Crippen molar-refractivity contribution in [2.75, 3.05) is 6.61 Å². The first-order valence-electron chi connectivity index (χ1n) is 4.65. The Morgan fingerprint density at radius 2 is 1.40 bits per heavy atom. The number of rotatable bonds is 5. The molecular formula is C9H20O6. The van der Waals surface area contributed by atoms with E-state index in [-0.39, 0.29) is 0 Å². The fourth-order valence-corrected chi connectivity index (χ4v) is 1.01. The number of hydrogen-bond donors (Lipinski definition) is 6. The van der Waals surface area contributed by atoms with Crippen LogP contribution in [0.25, 0.3) is 0 Å². The van der Waals surface area contributed by atoms with E-state index >= 15 is 0 Å². The molecule has 0 amide bonds. The van der Waals surface area contributed by atoms with E-state index < -0.39 is 36.1 Å². The molecule has 6 heteroatoms. The van der Waals surface area contributed by atoms with Crippen LogP contribution < -0.4 is 0 Å². The van der Waals surface area contributed by atoms with Crippen molar-refractivity contribution in [3.8, 4) is 0 Å². The average Bonchev–Trinajstić information content (AvgIpc) is 2.12. The van der Waals surface area contributed by atoms with Crippen molar-refractivity contribution >= 4 is 0 Å². The molecule has 0 radical (unpaired) electrons. The molecule has 0 bridgehead atoms. The van der Waals surface area contributed by atoms with Gasteiger partial charge in [0, 0.05) is 0 Å². The van der Waals surface area contributed by atoms with Crippen molar-refractivity contribution in [3.63, 3.8) is 0 Å². The van der Waals surface area contributed by atoms with E-state index in [1.807, 2.05) is 0 Å². The third-order valence-corrected chi connectivity index (χ3v) is 2.72. The van der Waals surface area contributed by atoms with Crippen LogP contribution in [0.1, 0.15) is 20.8 Å². The molecule has 15 heavy (non-hydrogen) atoms. The van der Waals surface area contributed by atoms with Gasteiger partial charge >= 0.3 is 0 Å². The van der Waals surface area contributed by atoms with Gasteiger partial charge in [0.2, 0.25) is 0 Å². The summed E-state index contributed by atoms with van der Waals surface area (Å²) in [6.45, 7) is 2.90. The second-order valence-electron chi connectivity index (χ2n) is 4.39. The zero-order valence-electron chi connectivity index (χ0n) is 9.12. The molecule has 0 aliphatic heterocycles. The Balaban J connectivity index is 4.77. The molecule has 0 spiro atoms. The molecule has 0 aliphatic rings. The van der Waals surface area contributed by atoms with Crippen LogP contribution in [0.3, 0.4) is 0 Å². The summed E-state index contributed by atoms with van der Waals surface area (Å²) in [5, 5.41) is 55.9. The van der Waals surface area contributed by atoms with E-state index in [0.717, 1.165) is 6.92 Å². The summed E-state index contributed by atoms with van der Waals surface area (Å²) in [5.74, 6) is 0. The lowest BCUT2D eigenvalue weighted by Crippen LogP contribution is -2.61. The standard InChI is InChI=1S/C9H20O6/c1-8(2,14)9(3,15)7(13)6(12)5(11)4-10/h5-7,10-15H,4H2,1-3H3/t5-,6-,7+,9-/m1/s1. The Morgan fingerprint density at radius 3 is 1.67 bits per heavy atom. The molecule has 0 saturated carbocycles. The Hall–Kier alpha value is -0.240. The highest BCUT2D eigenvalue weighted by molar-refractivity contribution is 4.99. The van der Waals surface area contributed by atoms with Gasteiger partial charge in [0.1, 0.15) is 23.9 Å². The molecular weight excluding hydrogens is 204 g/mol. The van der Waals surface area contributed by atoms with Crippen molar-refractivity contribution in [2.45, 2.75) is 50.3 Å². The molecule has 6 nitrogen and oxygen atoms in total. The highest BCUT2D eigenvalue weighted by Gasteiger charge is 2.48. The Kier molecular flexibility index (Phi) is 4.66. The molecule has 0 aromatic rings. The van der Waals surface area contributed by atoms with Gasteiger partial charge < -0.3 is 30.6 Å². The maximum Gasteiger partial charge on any atom is 0.118 e. The maximum absolute atomic E-state index is 9.78. The molecule has 4 atom stereocenters. The van der Waals surface area contributed by atoms with Crippen molar-refractivity contribution in [3.05, 3.63) is 0 Å². The first-order chi connectivity index (χ1) is 6.55. The molecule has 0 aromatic carbocycles.